The van der Waals surface area contributed by atoms with Crippen LogP contribution in [0.1, 0.15) is 47.9 Å². The lowest BCUT2D eigenvalue weighted by molar-refractivity contribution is -0.132. The maximum Gasteiger partial charge on any atom is 0.223 e. The SMILES string of the molecule is CN1CCc2nc(C3CCCN3C(=O)CCc3ccc(Cl)cc3)ncc2C1. The van der Waals surface area contributed by atoms with Crippen molar-refractivity contribution in [3.05, 3.63) is 58.1 Å². The summed E-state index contributed by atoms with van der Waals surface area (Å²) < 4.78 is 0. The molecule has 1 amide bonds. The van der Waals surface area contributed by atoms with E-state index in [-0.39, 0.29) is 11.9 Å². The fourth-order valence-electron chi connectivity index (χ4n) is 4.01. The van der Waals surface area contributed by atoms with Gasteiger partial charge >= 0.3 is 0 Å². The molecule has 1 fully saturated rings. The van der Waals surface area contributed by atoms with Gasteiger partial charge in [-0.05, 0) is 44.0 Å². The van der Waals surface area contributed by atoms with Crippen LogP contribution < -0.4 is 0 Å². The van der Waals surface area contributed by atoms with Crippen molar-refractivity contribution in [1.29, 1.82) is 0 Å². The van der Waals surface area contributed by atoms with Crippen LogP contribution in [0.2, 0.25) is 5.02 Å². The first-order chi connectivity index (χ1) is 13.1. The first-order valence-electron chi connectivity index (χ1n) is 9.67. The number of hydrogen-bond donors (Lipinski definition) is 0. The largest absolute Gasteiger partial charge is 0.332 e. The van der Waals surface area contributed by atoms with Gasteiger partial charge in [0.15, 0.2) is 5.82 Å². The number of amides is 1. The van der Waals surface area contributed by atoms with Gasteiger partial charge in [-0.15, -0.1) is 0 Å². The Bertz CT molecular complexity index is 823. The Morgan fingerprint density at radius 3 is 2.89 bits per heavy atom. The summed E-state index contributed by atoms with van der Waals surface area (Å²) in [5, 5.41) is 0.723. The Labute approximate surface area is 165 Å². The molecule has 142 valence electrons. The summed E-state index contributed by atoms with van der Waals surface area (Å²) in [6.45, 7) is 2.73. The highest BCUT2D eigenvalue weighted by molar-refractivity contribution is 6.30. The molecular formula is C21H25ClN4O. The van der Waals surface area contributed by atoms with Crippen LogP contribution in [0, 0.1) is 0 Å². The van der Waals surface area contributed by atoms with Crippen molar-refractivity contribution in [2.75, 3.05) is 20.1 Å². The Morgan fingerprint density at radius 1 is 1.26 bits per heavy atom. The molecule has 0 bridgehead atoms. The van der Waals surface area contributed by atoms with E-state index in [1.807, 2.05) is 35.4 Å². The fourth-order valence-corrected chi connectivity index (χ4v) is 4.14. The molecule has 27 heavy (non-hydrogen) atoms. The molecule has 2 aliphatic heterocycles. The van der Waals surface area contributed by atoms with Gasteiger partial charge < -0.3 is 9.80 Å². The van der Waals surface area contributed by atoms with E-state index in [0.717, 1.165) is 67.4 Å². The molecule has 4 rings (SSSR count). The number of likely N-dealkylation sites (N-methyl/N-ethyl adjacent to an activating group) is 1. The van der Waals surface area contributed by atoms with Gasteiger partial charge in [0.2, 0.25) is 5.91 Å². The molecule has 6 heteroatoms. The summed E-state index contributed by atoms with van der Waals surface area (Å²) in [5.74, 6) is 1.00. The molecule has 1 atom stereocenters. The summed E-state index contributed by atoms with van der Waals surface area (Å²) in [5.41, 5.74) is 3.50. The Morgan fingerprint density at radius 2 is 2.07 bits per heavy atom. The molecular weight excluding hydrogens is 360 g/mol. The van der Waals surface area contributed by atoms with Crippen molar-refractivity contribution in [1.82, 2.24) is 19.8 Å². The minimum Gasteiger partial charge on any atom is -0.332 e. The maximum atomic E-state index is 12.8. The maximum absolute atomic E-state index is 12.8. The third-order valence-corrected chi connectivity index (χ3v) is 5.81. The minimum absolute atomic E-state index is 0.0210. The summed E-state index contributed by atoms with van der Waals surface area (Å²) in [6, 6.07) is 7.74. The summed E-state index contributed by atoms with van der Waals surface area (Å²) in [4.78, 5) is 26.6. The van der Waals surface area contributed by atoms with Crippen molar-refractivity contribution in [3.63, 3.8) is 0 Å². The van der Waals surface area contributed by atoms with E-state index < -0.39 is 0 Å². The zero-order chi connectivity index (χ0) is 18.8. The van der Waals surface area contributed by atoms with Gasteiger partial charge in [0.05, 0.1) is 6.04 Å². The van der Waals surface area contributed by atoms with Gasteiger partial charge in [-0.2, -0.15) is 0 Å². The molecule has 1 aromatic heterocycles. The lowest BCUT2D eigenvalue weighted by atomic mass is 10.1. The summed E-state index contributed by atoms with van der Waals surface area (Å²) >= 11 is 5.93. The predicted octanol–water partition coefficient (Wildman–Crippen LogP) is 3.41. The van der Waals surface area contributed by atoms with E-state index in [1.54, 1.807) is 0 Å². The molecule has 0 N–H and O–H groups in total. The number of hydrogen-bond acceptors (Lipinski definition) is 4. The third-order valence-electron chi connectivity index (χ3n) is 5.56. The number of carbonyl (C=O) groups excluding carboxylic acids is 1. The number of benzene rings is 1. The van der Waals surface area contributed by atoms with Crippen LogP contribution in [0.5, 0.6) is 0 Å². The molecule has 1 saturated heterocycles. The highest BCUT2D eigenvalue weighted by atomic mass is 35.5. The monoisotopic (exact) mass is 384 g/mol. The lowest BCUT2D eigenvalue weighted by Gasteiger charge is -2.27. The molecule has 0 radical (unpaired) electrons. The van der Waals surface area contributed by atoms with Crippen LogP contribution in [0.15, 0.2) is 30.5 Å². The van der Waals surface area contributed by atoms with Crippen LogP contribution >= 0.6 is 11.6 Å². The predicted molar refractivity (Wildman–Crippen MR) is 106 cm³/mol. The second-order valence-electron chi connectivity index (χ2n) is 7.56. The van der Waals surface area contributed by atoms with Gasteiger partial charge in [0, 0.05) is 55.0 Å². The zero-order valence-electron chi connectivity index (χ0n) is 15.7. The highest BCUT2D eigenvalue weighted by Gasteiger charge is 2.32. The van der Waals surface area contributed by atoms with Crippen molar-refractivity contribution < 1.29 is 4.79 Å². The van der Waals surface area contributed by atoms with Crippen molar-refractivity contribution in [2.45, 2.75) is 44.7 Å². The molecule has 5 nitrogen and oxygen atoms in total. The van der Waals surface area contributed by atoms with Crippen LogP contribution in [0.3, 0.4) is 0 Å². The molecule has 3 heterocycles. The van der Waals surface area contributed by atoms with Crippen LogP contribution in [-0.4, -0.2) is 45.8 Å². The van der Waals surface area contributed by atoms with E-state index in [0.29, 0.717) is 6.42 Å². The number of rotatable bonds is 4. The number of carbonyl (C=O) groups is 1. The van der Waals surface area contributed by atoms with E-state index in [2.05, 4.69) is 16.9 Å². The standard InChI is InChI=1S/C21H25ClN4O/c1-25-12-10-18-16(14-25)13-23-21(24-18)19-3-2-11-26(19)20(27)9-6-15-4-7-17(22)8-5-15/h4-5,7-8,13,19H,2-3,6,9-12,14H2,1H3. The summed E-state index contributed by atoms with van der Waals surface area (Å²) in [6.07, 6.45) is 6.12. The molecule has 0 spiro atoms. The Hall–Kier alpha value is -1.98. The first kappa shape index (κ1) is 18.4. The molecule has 0 aliphatic carbocycles. The zero-order valence-corrected chi connectivity index (χ0v) is 16.5. The number of likely N-dealkylation sites (tertiary alicyclic amines) is 1. The minimum atomic E-state index is 0.0210. The average molecular weight is 385 g/mol. The van der Waals surface area contributed by atoms with E-state index in [4.69, 9.17) is 16.6 Å². The molecule has 2 aliphatic rings. The van der Waals surface area contributed by atoms with Crippen molar-refractivity contribution in [3.8, 4) is 0 Å². The average Bonchev–Trinajstić information content (AvgIpc) is 3.17. The number of aromatic nitrogens is 2. The van der Waals surface area contributed by atoms with Crippen molar-refractivity contribution >= 4 is 17.5 Å². The van der Waals surface area contributed by atoms with Gasteiger partial charge in [0.25, 0.3) is 0 Å². The second kappa shape index (κ2) is 7.95. The lowest BCUT2D eigenvalue weighted by Crippen LogP contribution is -2.33. The molecule has 1 unspecified atom stereocenters. The molecule has 1 aromatic carbocycles. The van der Waals surface area contributed by atoms with Gasteiger partial charge in [-0.25, -0.2) is 9.97 Å². The third kappa shape index (κ3) is 4.14. The molecule has 0 saturated carbocycles. The van der Waals surface area contributed by atoms with Gasteiger partial charge in [-0.3, -0.25) is 4.79 Å². The fraction of sp³-hybridized carbons (Fsp3) is 0.476. The normalized spacial score (nSPS) is 19.9. The quantitative estimate of drug-likeness (QED) is 0.810. The van der Waals surface area contributed by atoms with Gasteiger partial charge in [-0.1, -0.05) is 23.7 Å². The first-order valence-corrected chi connectivity index (χ1v) is 10.0. The Balaban J connectivity index is 1.44. The molecule has 2 aromatic rings. The topological polar surface area (TPSA) is 49.3 Å². The Kier molecular flexibility index (Phi) is 5.41. The highest BCUT2D eigenvalue weighted by Crippen LogP contribution is 2.31. The van der Waals surface area contributed by atoms with Gasteiger partial charge in [0.1, 0.15) is 0 Å². The number of nitrogens with zero attached hydrogens (tertiary/aromatic N) is 4. The smallest absolute Gasteiger partial charge is 0.223 e. The summed E-state index contributed by atoms with van der Waals surface area (Å²) in [7, 11) is 2.12. The van der Waals surface area contributed by atoms with Crippen LogP contribution in [0.25, 0.3) is 0 Å². The second-order valence-corrected chi connectivity index (χ2v) is 8.00. The van der Waals surface area contributed by atoms with Crippen LogP contribution in [0.4, 0.5) is 0 Å². The van der Waals surface area contributed by atoms with E-state index >= 15 is 0 Å². The number of fused-ring (bicyclic) bond motifs is 1. The van der Waals surface area contributed by atoms with Crippen LogP contribution in [-0.2, 0) is 24.2 Å². The van der Waals surface area contributed by atoms with E-state index in [1.165, 1.54) is 5.56 Å². The van der Waals surface area contributed by atoms with Crippen molar-refractivity contribution in [2.24, 2.45) is 0 Å². The van der Waals surface area contributed by atoms with E-state index in [9.17, 15) is 4.79 Å². The number of aryl methyl sites for hydroxylation is 1. The number of halogens is 1.